The maximum atomic E-state index is 12.2. The molecular formula is C15H20ClF3N2O3. The molecule has 0 saturated carbocycles. The van der Waals surface area contributed by atoms with Gasteiger partial charge in [0.2, 0.25) is 0 Å². The fraction of sp³-hybridized carbons (Fsp3) is 0.533. The lowest BCUT2D eigenvalue weighted by atomic mass is 9.98. The molecular weight excluding hydrogens is 349 g/mol. The number of amides is 1. The summed E-state index contributed by atoms with van der Waals surface area (Å²) in [4.78, 5) is 12.1. The quantitative estimate of drug-likeness (QED) is 0.810. The lowest BCUT2D eigenvalue weighted by molar-refractivity contribution is -0.274. The standard InChI is InChI=1S/C15H19F3N2O3.ClH/c1-22-10-14(6-3-7-20-14)9-19-13(21)11-4-2-5-12(8-11)23-15(16,17)18;/h2,4-5,8,20H,3,6-7,9-10H2,1H3,(H,19,21);1H. The summed E-state index contributed by atoms with van der Waals surface area (Å²) < 4.78 is 45.6. The van der Waals surface area contributed by atoms with Crippen LogP contribution in [-0.4, -0.2) is 44.6 Å². The predicted octanol–water partition coefficient (Wildman–Crippen LogP) is 2.51. The summed E-state index contributed by atoms with van der Waals surface area (Å²) in [5, 5.41) is 6.05. The largest absolute Gasteiger partial charge is 0.573 e. The van der Waals surface area contributed by atoms with Crippen LogP contribution >= 0.6 is 12.4 Å². The van der Waals surface area contributed by atoms with Gasteiger partial charge in [-0.25, -0.2) is 0 Å². The molecule has 0 aromatic heterocycles. The number of rotatable bonds is 6. The van der Waals surface area contributed by atoms with Crippen molar-refractivity contribution < 1.29 is 27.4 Å². The molecule has 9 heteroatoms. The molecule has 0 aliphatic carbocycles. The van der Waals surface area contributed by atoms with Gasteiger partial charge in [0.1, 0.15) is 5.75 Å². The third kappa shape index (κ3) is 5.85. The van der Waals surface area contributed by atoms with E-state index in [4.69, 9.17) is 4.74 Å². The van der Waals surface area contributed by atoms with Crippen molar-refractivity contribution in [3.8, 4) is 5.75 Å². The van der Waals surface area contributed by atoms with Gasteiger partial charge < -0.3 is 20.1 Å². The Morgan fingerprint density at radius 1 is 1.42 bits per heavy atom. The summed E-state index contributed by atoms with van der Waals surface area (Å²) in [5.74, 6) is -0.877. The molecule has 2 N–H and O–H groups in total. The van der Waals surface area contributed by atoms with Crippen molar-refractivity contribution in [3.05, 3.63) is 29.8 Å². The summed E-state index contributed by atoms with van der Waals surface area (Å²) in [5.41, 5.74) is -0.220. The zero-order valence-corrected chi connectivity index (χ0v) is 13.9. The first-order chi connectivity index (χ1) is 10.8. The molecule has 0 radical (unpaired) electrons. The molecule has 1 atom stereocenters. The Morgan fingerprint density at radius 2 is 2.17 bits per heavy atom. The molecule has 1 saturated heterocycles. The van der Waals surface area contributed by atoms with Gasteiger partial charge in [-0.05, 0) is 37.6 Å². The van der Waals surface area contributed by atoms with E-state index in [9.17, 15) is 18.0 Å². The highest BCUT2D eigenvalue weighted by Gasteiger charge is 2.34. The topological polar surface area (TPSA) is 59.6 Å². The van der Waals surface area contributed by atoms with Crippen LogP contribution in [0.4, 0.5) is 13.2 Å². The predicted molar refractivity (Wildman–Crippen MR) is 84.5 cm³/mol. The van der Waals surface area contributed by atoms with E-state index in [1.165, 1.54) is 12.1 Å². The van der Waals surface area contributed by atoms with E-state index in [-0.39, 0.29) is 23.5 Å². The van der Waals surface area contributed by atoms with Crippen LogP contribution in [0.2, 0.25) is 0 Å². The first-order valence-electron chi connectivity index (χ1n) is 7.22. The van der Waals surface area contributed by atoms with Crippen LogP contribution in [-0.2, 0) is 4.74 Å². The molecule has 1 amide bonds. The molecule has 1 unspecified atom stereocenters. The second kappa shape index (κ2) is 8.55. The van der Waals surface area contributed by atoms with E-state index in [0.29, 0.717) is 13.2 Å². The first-order valence-corrected chi connectivity index (χ1v) is 7.22. The molecule has 1 aliphatic heterocycles. The monoisotopic (exact) mass is 368 g/mol. The third-order valence-electron chi connectivity index (χ3n) is 3.67. The van der Waals surface area contributed by atoms with Gasteiger partial charge in [-0.15, -0.1) is 25.6 Å². The minimum atomic E-state index is -4.79. The average molecular weight is 369 g/mol. The molecule has 5 nitrogen and oxygen atoms in total. The summed E-state index contributed by atoms with van der Waals surface area (Å²) >= 11 is 0. The van der Waals surface area contributed by atoms with Gasteiger partial charge in [-0.1, -0.05) is 6.07 Å². The van der Waals surface area contributed by atoms with Crippen LogP contribution < -0.4 is 15.4 Å². The molecule has 2 rings (SSSR count). The van der Waals surface area contributed by atoms with E-state index in [0.717, 1.165) is 31.5 Å². The van der Waals surface area contributed by atoms with Crippen LogP contribution in [0.5, 0.6) is 5.75 Å². The zero-order valence-electron chi connectivity index (χ0n) is 13.1. The molecule has 1 fully saturated rings. The van der Waals surface area contributed by atoms with E-state index < -0.39 is 18.0 Å². The normalized spacial score (nSPS) is 20.3. The molecule has 0 spiro atoms. The van der Waals surface area contributed by atoms with Crippen LogP contribution in [0, 0.1) is 0 Å². The molecule has 1 aromatic rings. The first kappa shape index (κ1) is 20.5. The summed E-state index contributed by atoms with van der Waals surface area (Å²) in [6, 6.07) is 4.99. The number of nitrogens with one attached hydrogen (secondary N) is 2. The van der Waals surface area contributed by atoms with E-state index in [1.807, 2.05) is 0 Å². The van der Waals surface area contributed by atoms with Gasteiger partial charge in [0, 0.05) is 19.2 Å². The minimum Gasteiger partial charge on any atom is -0.406 e. The van der Waals surface area contributed by atoms with Crippen LogP contribution in [0.15, 0.2) is 24.3 Å². The van der Waals surface area contributed by atoms with Gasteiger partial charge in [0.25, 0.3) is 5.91 Å². The van der Waals surface area contributed by atoms with Crippen molar-refractivity contribution in [3.63, 3.8) is 0 Å². The lowest BCUT2D eigenvalue weighted by Crippen LogP contribution is -2.53. The lowest BCUT2D eigenvalue weighted by Gasteiger charge is -2.29. The van der Waals surface area contributed by atoms with Gasteiger partial charge in [0.05, 0.1) is 12.1 Å². The SMILES string of the molecule is COCC1(CNC(=O)c2cccc(OC(F)(F)F)c2)CCCN1.Cl. The number of ether oxygens (including phenoxy) is 2. The van der Waals surface area contributed by atoms with E-state index in [1.54, 1.807) is 7.11 Å². The van der Waals surface area contributed by atoms with Gasteiger partial charge in [-0.2, -0.15) is 0 Å². The number of hydrogen-bond donors (Lipinski definition) is 2. The maximum Gasteiger partial charge on any atom is 0.573 e. The van der Waals surface area contributed by atoms with Crippen molar-refractivity contribution in [2.75, 3.05) is 26.8 Å². The Hall–Kier alpha value is -1.51. The fourth-order valence-corrected chi connectivity index (χ4v) is 2.66. The number of hydrogen-bond acceptors (Lipinski definition) is 4. The summed E-state index contributed by atoms with van der Waals surface area (Å²) in [6.45, 7) is 1.63. The Kier molecular flexibility index (Phi) is 7.31. The van der Waals surface area contributed by atoms with E-state index in [2.05, 4.69) is 15.4 Å². The molecule has 24 heavy (non-hydrogen) atoms. The molecule has 1 heterocycles. The average Bonchev–Trinajstić information content (AvgIpc) is 2.93. The highest BCUT2D eigenvalue weighted by molar-refractivity contribution is 5.94. The highest BCUT2D eigenvalue weighted by Crippen LogP contribution is 2.23. The Balaban J connectivity index is 0.00000288. The minimum absolute atomic E-state index is 0. The number of carbonyl (C=O) groups is 1. The maximum absolute atomic E-state index is 12.2. The fourth-order valence-electron chi connectivity index (χ4n) is 2.66. The van der Waals surface area contributed by atoms with Crippen molar-refractivity contribution in [2.24, 2.45) is 0 Å². The molecule has 1 aromatic carbocycles. The van der Waals surface area contributed by atoms with Crippen LogP contribution in [0.3, 0.4) is 0 Å². The zero-order chi connectivity index (χ0) is 16.9. The summed E-state index contributed by atoms with van der Waals surface area (Å²) in [7, 11) is 1.58. The highest BCUT2D eigenvalue weighted by atomic mass is 35.5. The Morgan fingerprint density at radius 3 is 2.75 bits per heavy atom. The smallest absolute Gasteiger partial charge is 0.406 e. The second-order valence-electron chi connectivity index (χ2n) is 5.50. The Labute approximate surface area is 144 Å². The van der Waals surface area contributed by atoms with Crippen molar-refractivity contribution in [1.29, 1.82) is 0 Å². The number of methoxy groups -OCH3 is 1. The van der Waals surface area contributed by atoms with Crippen LogP contribution in [0.25, 0.3) is 0 Å². The van der Waals surface area contributed by atoms with E-state index >= 15 is 0 Å². The Bertz CT molecular complexity index is 549. The van der Waals surface area contributed by atoms with Gasteiger partial charge in [-0.3, -0.25) is 4.79 Å². The molecule has 1 aliphatic rings. The summed E-state index contributed by atoms with van der Waals surface area (Å²) in [6.07, 6.45) is -2.95. The number of benzene rings is 1. The molecule has 136 valence electrons. The number of halogens is 4. The van der Waals surface area contributed by atoms with Crippen molar-refractivity contribution in [1.82, 2.24) is 10.6 Å². The van der Waals surface area contributed by atoms with Crippen molar-refractivity contribution in [2.45, 2.75) is 24.7 Å². The number of carbonyl (C=O) groups excluding carboxylic acids is 1. The van der Waals surface area contributed by atoms with Gasteiger partial charge >= 0.3 is 6.36 Å². The van der Waals surface area contributed by atoms with Crippen LogP contribution in [0.1, 0.15) is 23.2 Å². The molecule has 0 bridgehead atoms. The van der Waals surface area contributed by atoms with Gasteiger partial charge in [0.15, 0.2) is 0 Å². The third-order valence-corrected chi connectivity index (χ3v) is 3.67. The number of alkyl halides is 3. The van der Waals surface area contributed by atoms with Crippen molar-refractivity contribution >= 4 is 18.3 Å². The second-order valence-corrected chi connectivity index (χ2v) is 5.50.